The van der Waals surface area contributed by atoms with Gasteiger partial charge in [0.15, 0.2) is 0 Å². The summed E-state index contributed by atoms with van der Waals surface area (Å²) < 4.78 is 0.510. The summed E-state index contributed by atoms with van der Waals surface area (Å²) >= 11 is 4.01. The Kier molecular flexibility index (Phi) is 8.31. The molecule has 28 heavy (non-hydrogen) atoms. The standard InChI is InChI=1S/C23H30N2OS2/c1-3-25(4-2)21(18-9-6-5-7-10-18)17-24-22(26)19-11-13-20(14-12-19)23-27-15-8-16-28-23/h5-7,9-14,21,23H,3-4,8,15-17H2,1-2H3,(H,24,26)/t21-/m0/s1. The first kappa shape index (κ1) is 21.3. The molecule has 1 amide bonds. The van der Waals surface area contributed by atoms with E-state index in [0.29, 0.717) is 11.1 Å². The molecule has 2 aromatic rings. The molecule has 3 nitrogen and oxygen atoms in total. The molecule has 0 bridgehead atoms. The van der Waals surface area contributed by atoms with Gasteiger partial charge in [0.25, 0.3) is 5.91 Å². The van der Waals surface area contributed by atoms with Crippen molar-refractivity contribution in [1.29, 1.82) is 0 Å². The number of nitrogens with zero attached hydrogens (tertiary/aromatic N) is 1. The van der Waals surface area contributed by atoms with E-state index in [4.69, 9.17) is 0 Å². The predicted octanol–water partition coefficient (Wildman–Crippen LogP) is 5.37. The van der Waals surface area contributed by atoms with Gasteiger partial charge in [-0.3, -0.25) is 9.69 Å². The second kappa shape index (κ2) is 10.9. The van der Waals surface area contributed by atoms with E-state index in [1.807, 2.05) is 41.7 Å². The SMILES string of the molecule is CCN(CC)[C@@H](CNC(=O)c1ccc(C2SCCCS2)cc1)c1ccccc1. The third-order valence-corrected chi connectivity index (χ3v) is 8.18. The Morgan fingerprint density at radius 3 is 2.29 bits per heavy atom. The minimum Gasteiger partial charge on any atom is -0.350 e. The zero-order chi connectivity index (χ0) is 19.8. The van der Waals surface area contributed by atoms with Crippen LogP contribution in [0.5, 0.6) is 0 Å². The molecule has 0 radical (unpaired) electrons. The van der Waals surface area contributed by atoms with Crippen molar-refractivity contribution in [3.63, 3.8) is 0 Å². The number of hydrogen-bond acceptors (Lipinski definition) is 4. The summed E-state index contributed by atoms with van der Waals surface area (Å²) in [7, 11) is 0. The van der Waals surface area contributed by atoms with Gasteiger partial charge >= 0.3 is 0 Å². The maximum Gasteiger partial charge on any atom is 0.251 e. The zero-order valence-corrected chi connectivity index (χ0v) is 18.4. The van der Waals surface area contributed by atoms with Gasteiger partial charge in [0, 0.05) is 12.1 Å². The molecule has 1 aliphatic rings. The van der Waals surface area contributed by atoms with E-state index < -0.39 is 0 Å². The highest BCUT2D eigenvalue weighted by Gasteiger charge is 2.20. The molecular formula is C23H30N2OS2. The minimum absolute atomic E-state index is 0.00332. The maximum atomic E-state index is 12.7. The van der Waals surface area contributed by atoms with Crippen LogP contribution in [0.3, 0.4) is 0 Å². The van der Waals surface area contributed by atoms with Crippen LogP contribution in [0.2, 0.25) is 0 Å². The van der Waals surface area contributed by atoms with Crippen LogP contribution in [0.4, 0.5) is 0 Å². The smallest absolute Gasteiger partial charge is 0.251 e. The fourth-order valence-electron chi connectivity index (χ4n) is 3.56. The molecule has 1 aliphatic heterocycles. The van der Waals surface area contributed by atoms with E-state index in [9.17, 15) is 4.79 Å². The lowest BCUT2D eigenvalue weighted by Crippen LogP contribution is -2.38. The lowest BCUT2D eigenvalue weighted by Gasteiger charge is -2.30. The van der Waals surface area contributed by atoms with Gasteiger partial charge in [-0.15, -0.1) is 23.5 Å². The van der Waals surface area contributed by atoms with Gasteiger partial charge in [0.1, 0.15) is 0 Å². The van der Waals surface area contributed by atoms with Crippen molar-refractivity contribution in [2.45, 2.75) is 30.9 Å². The van der Waals surface area contributed by atoms with E-state index >= 15 is 0 Å². The van der Waals surface area contributed by atoms with Gasteiger partial charge in [-0.25, -0.2) is 0 Å². The maximum absolute atomic E-state index is 12.7. The Balaban J connectivity index is 1.63. The lowest BCUT2D eigenvalue weighted by molar-refractivity contribution is 0.0935. The van der Waals surface area contributed by atoms with Crippen molar-refractivity contribution in [1.82, 2.24) is 10.2 Å². The highest BCUT2D eigenvalue weighted by Crippen LogP contribution is 2.43. The molecule has 1 atom stereocenters. The Labute approximate surface area is 177 Å². The molecule has 1 heterocycles. The molecule has 0 spiro atoms. The summed E-state index contributed by atoms with van der Waals surface area (Å²) in [5, 5.41) is 3.15. The molecule has 1 N–H and O–H groups in total. The van der Waals surface area contributed by atoms with Crippen molar-refractivity contribution in [2.75, 3.05) is 31.1 Å². The summed E-state index contributed by atoms with van der Waals surface area (Å²) in [6, 6.07) is 18.8. The predicted molar refractivity (Wildman–Crippen MR) is 123 cm³/mol. The van der Waals surface area contributed by atoms with E-state index in [1.54, 1.807) is 0 Å². The van der Waals surface area contributed by atoms with E-state index in [0.717, 1.165) is 18.7 Å². The summed E-state index contributed by atoms with van der Waals surface area (Å²) in [6.07, 6.45) is 1.29. The summed E-state index contributed by atoms with van der Waals surface area (Å²) in [6.45, 7) is 6.86. The average Bonchev–Trinajstić information content (AvgIpc) is 2.77. The first-order valence-corrected chi connectivity index (χ1v) is 12.2. The summed E-state index contributed by atoms with van der Waals surface area (Å²) in [5.74, 6) is 2.46. The van der Waals surface area contributed by atoms with E-state index in [1.165, 1.54) is 29.1 Å². The molecule has 0 unspecified atom stereocenters. The van der Waals surface area contributed by atoms with Gasteiger partial charge in [-0.05, 0) is 54.3 Å². The number of rotatable bonds is 8. The van der Waals surface area contributed by atoms with Gasteiger partial charge in [-0.2, -0.15) is 0 Å². The van der Waals surface area contributed by atoms with Crippen LogP contribution in [-0.2, 0) is 0 Å². The Hall–Kier alpha value is -1.43. The number of amides is 1. The molecule has 150 valence electrons. The number of hydrogen-bond donors (Lipinski definition) is 1. The first-order chi connectivity index (χ1) is 13.7. The highest BCUT2D eigenvalue weighted by atomic mass is 32.2. The van der Waals surface area contributed by atoms with Crippen molar-refractivity contribution < 1.29 is 4.79 Å². The third-order valence-electron chi connectivity index (χ3n) is 5.17. The minimum atomic E-state index is 0.00332. The molecule has 0 saturated carbocycles. The normalized spacial score (nSPS) is 16.1. The number of thioether (sulfide) groups is 2. The molecule has 3 rings (SSSR count). The van der Waals surface area contributed by atoms with Crippen molar-refractivity contribution >= 4 is 29.4 Å². The second-order valence-corrected chi connectivity index (χ2v) is 9.63. The topological polar surface area (TPSA) is 32.3 Å². The molecule has 1 fully saturated rings. The van der Waals surface area contributed by atoms with Crippen LogP contribution in [0.1, 0.15) is 52.4 Å². The largest absolute Gasteiger partial charge is 0.350 e. The summed E-state index contributed by atoms with van der Waals surface area (Å²) in [4.78, 5) is 15.1. The number of carbonyl (C=O) groups excluding carboxylic acids is 1. The Bertz CT molecular complexity index is 726. The van der Waals surface area contributed by atoms with Gasteiger partial charge in [0.2, 0.25) is 0 Å². The third kappa shape index (κ3) is 5.56. The van der Waals surface area contributed by atoms with Crippen molar-refractivity contribution in [3.8, 4) is 0 Å². The van der Waals surface area contributed by atoms with Crippen LogP contribution in [0.25, 0.3) is 0 Å². The fraction of sp³-hybridized carbons (Fsp3) is 0.435. The number of likely N-dealkylation sites (N-methyl/N-ethyl adjacent to an activating group) is 1. The molecule has 5 heteroatoms. The van der Waals surface area contributed by atoms with Crippen LogP contribution in [-0.4, -0.2) is 41.9 Å². The van der Waals surface area contributed by atoms with E-state index in [-0.39, 0.29) is 11.9 Å². The van der Waals surface area contributed by atoms with Gasteiger partial charge in [0.05, 0.1) is 10.6 Å². The van der Waals surface area contributed by atoms with Crippen LogP contribution >= 0.6 is 23.5 Å². The quantitative estimate of drug-likeness (QED) is 0.629. The Morgan fingerprint density at radius 1 is 1.04 bits per heavy atom. The molecule has 0 aliphatic carbocycles. The number of benzene rings is 2. The number of nitrogens with one attached hydrogen (secondary N) is 1. The first-order valence-electron chi connectivity index (χ1n) is 10.1. The van der Waals surface area contributed by atoms with Crippen molar-refractivity contribution in [3.05, 3.63) is 71.3 Å². The zero-order valence-electron chi connectivity index (χ0n) is 16.8. The van der Waals surface area contributed by atoms with Gasteiger partial charge in [-0.1, -0.05) is 56.3 Å². The van der Waals surface area contributed by atoms with Crippen LogP contribution in [0.15, 0.2) is 54.6 Å². The van der Waals surface area contributed by atoms with E-state index in [2.05, 4.69) is 60.5 Å². The van der Waals surface area contributed by atoms with Gasteiger partial charge < -0.3 is 5.32 Å². The number of carbonyl (C=O) groups is 1. The van der Waals surface area contributed by atoms with Crippen molar-refractivity contribution in [2.24, 2.45) is 0 Å². The van der Waals surface area contributed by atoms with Crippen LogP contribution in [0, 0.1) is 0 Å². The highest BCUT2D eigenvalue weighted by molar-refractivity contribution is 8.16. The molecule has 1 saturated heterocycles. The average molecular weight is 415 g/mol. The fourth-order valence-corrected chi connectivity index (χ4v) is 6.45. The Morgan fingerprint density at radius 2 is 1.68 bits per heavy atom. The molecular weight excluding hydrogens is 384 g/mol. The molecule has 0 aromatic heterocycles. The molecule has 2 aromatic carbocycles. The monoisotopic (exact) mass is 414 g/mol. The summed E-state index contributed by atoms with van der Waals surface area (Å²) in [5.41, 5.74) is 3.30. The lowest BCUT2D eigenvalue weighted by atomic mass is 10.0. The van der Waals surface area contributed by atoms with Crippen LogP contribution < -0.4 is 5.32 Å². The second-order valence-electron chi connectivity index (χ2n) is 6.91.